The van der Waals surface area contributed by atoms with E-state index in [1.165, 1.54) is 6.92 Å². The van der Waals surface area contributed by atoms with Gasteiger partial charge in [0.15, 0.2) is 11.5 Å². The van der Waals surface area contributed by atoms with E-state index in [0.717, 1.165) is 5.39 Å². The zero-order chi connectivity index (χ0) is 12.6. The summed E-state index contributed by atoms with van der Waals surface area (Å²) in [7, 11) is 0. The van der Waals surface area contributed by atoms with Gasteiger partial charge in [-0.05, 0) is 19.1 Å². The quantitative estimate of drug-likeness (QED) is 0.758. The van der Waals surface area contributed by atoms with Crippen LogP contribution in [0.3, 0.4) is 0 Å². The Balaban J connectivity index is 2.51. The predicted octanol–water partition coefficient (Wildman–Crippen LogP) is 3.47. The van der Waals surface area contributed by atoms with E-state index in [2.05, 4.69) is 0 Å². The average molecular weight is 230 g/mol. The topological polar surface area (TPSA) is 47.3 Å². The number of benzene rings is 1. The summed E-state index contributed by atoms with van der Waals surface area (Å²) in [5, 5.41) is 0.846. The van der Waals surface area contributed by atoms with E-state index in [1.54, 1.807) is 24.3 Å². The smallest absolute Gasteiger partial charge is 0.200 e. The van der Waals surface area contributed by atoms with Gasteiger partial charge in [-0.2, -0.15) is 0 Å². The molecular formula is C14H14O3. The van der Waals surface area contributed by atoms with Crippen LogP contribution >= 0.6 is 0 Å². The second kappa shape index (κ2) is 4.17. The molecule has 0 unspecified atom stereocenters. The first-order chi connectivity index (χ1) is 7.99. The van der Waals surface area contributed by atoms with Crippen molar-refractivity contribution in [3.8, 4) is 0 Å². The first-order valence-corrected chi connectivity index (χ1v) is 5.58. The third-order valence-electron chi connectivity index (χ3n) is 2.69. The Bertz CT molecular complexity index is 591. The Labute approximate surface area is 99.4 Å². The van der Waals surface area contributed by atoms with Gasteiger partial charge >= 0.3 is 0 Å². The van der Waals surface area contributed by atoms with Crippen LogP contribution in [0.5, 0.6) is 0 Å². The van der Waals surface area contributed by atoms with Crippen molar-refractivity contribution in [1.82, 2.24) is 0 Å². The monoisotopic (exact) mass is 230 g/mol. The van der Waals surface area contributed by atoms with Crippen LogP contribution in [0.4, 0.5) is 0 Å². The van der Waals surface area contributed by atoms with Gasteiger partial charge < -0.3 is 4.42 Å². The molecule has 1 aromatic carbocycles. The molecule has 0 aliphatic heterocycles. The molecule has 0 aliphatic rings. The molecule has 0 bridgehead atoms. The largest absolute Gasteiger partial charge is 0.453 e. The van der Waals surface area contributed by atoms with Gasteiger partial charge in [-0.3, -0.25) is 9.59 Å². The Morgan fingerprint density at radius 3 is 2.47 bits per heavy atom. The maximum Gasteiger partial charge on any atom is 0.200 e. The maximum atomic E-state index is 11.8. The normalized spacial score (nSPS) is 11.1. The summed E-state index contributed by atoms with van der Waals surface area (Å²) in [6.07, 6.45) is 0. The molecular weight excluding hydrogens is 216 g/mol. The standard InChI is InChI=1S/C14H14O3/c1-8(2)14(16)13-7-11-5-4-10(9(3)15)6-12(11)17-13/h4-8H,1-3H3. The maximum absolute atomic E-state index is 11.8. The van der Waals surface area contributed by atoms with E-state index in [0.29, 0.717) is 16.9 Å². The molecule has 0 saturated carbocycles. The summed E-state index contributed by atoms with van der Waals surface area (Å²) in [6, 6.07) is 6.94. The number of furan rings is 1. The highest BCUT2D eigenvalue weighted by molar-refractivity contribution is 6.01. The summed E-state index contributed by atoms with van der Waals surface area (Å²) in [6.45, 7) is 5.16. The lowest BCUT2D eigenvalue weighted by molar-refractivity contribution is 0.0913. The molecule has 0 atom stereocenters. The number of hydrogen-bond donors (Lipinski definition) is 0. The third kappa shape index (κ3) is 2.13. The third-order valence-corrected chi connectivity index (χ3v) is 2.69. The molecule has 88 valence electrons. The predicted molar refractivity (Wildman–Crippen MR) is 65.4 cm³/mol. The molecule has 3 heteroatoms. The zero-order valence-corrected chi connectivity index (χ0v) is 10.1. The van der Waals surface area contributed by atoms with Gasteiger partial charge in [0.05, 0.1) is 0 Å². The number of carbonyl (C=O) groups excluding carboxylic acids is 2. The van der Waals surface area contributed by atoms with Gasteiger partial charge in [0, 0.05) is 16.9 Å². The molecule has 0 spiro atoms. The van der Waals surface area contributed by atoms with E-state index < -0.39 is 0 Å². The summed E-state index contributed by atoms with van der Waals surface area (Å²) >= 11 is 0. The zero-order valence-electron chi connectivity index (χ0n) is 10.1. The Morgan fingerprint density at radius 1 is 1.18 bits per heavy atom. The van der Waals surface area contributed by atoms with Crippen LogP contribution in [0, 0.1) is 5.92 Å². The second-order valence-corrected chi connectivity index (χ2v) is 4.44. The SMILES string of the molecule is CC(=O)c1ccc2cc(C(=O)C(C)C)oc2c1. The van der Waals surface area contributed by atoms with Crippen molar-refractivity contribution in [2.45, 2.75) is 20.8 Å². The van der Waals surface area contributed by atoms with Crippen molar-refractivity contribution >= 4 is 22.5 Å². The molecule has 0 saturated heterocycles. The van der Waals surface area contributed by atoms with Crippen molar-refractivity contribution in [1.29, 1.82) is 0 Å². The molecule has 0 amide bonds. The van der Waals surface area contributed by atoms with Gasteiger partial charge in [0.2, 0.25) is 5.78 Å². The van der Waals surface area contributed by atoms with Crippen molar-refractivity contribution in [3.05, 3.63) is 35.6 Å². The minimum absolute atomic E-state index is 0.0139. The van der Waals surface area contributed by atoms with Crippen molar-refractivity contribution < 1.29 is 14.0 Å². The first kappa shape index (κ1) is 11.6. The van der Waals surface area contributed by atoms with Gasteiger partial charge in [0.1, 0.15) is 5.58 Å². The minimum Gasteiger partial charge on any atom is -0.453 e. The highest BCUT2D eigenvalue weighted by Gasteiger charge is 2.16. The van der Waals surface area contributed by atoms with Crippen molar-refractivity contribution in [3.63, 3.8) is 0 Å². The first-order valence-electron chi connectivity index (χ1n) is 5.58. The summed E-state index contributed by atoms with van der Waals surface area (Å²) in [5.74, 6) is 0.226. The highest BCUT2D eigenvalue weighted by atomic mass is 16.3. The van der Waals surface area contributed by atoms with E-state index in [9.17, 15) is 9.59 Å². The van der Waals surface area contributed by atoms with Gasteiger partial charge in [-0.15, -0.1) is 0 Å². The number of carbonyl (C=O) groups is 2. The number of hydrogen-bond acceptors (Lipinski definition) is 3. The number of Topliss-reactive ketones (excluding diaryl/α,β-unsaturated/α-hetero) is 2. The van der Waals surface area contributed by atoms with Gasteiger partial charge in [-0.25, -0.2) is 0 Å². The lowest BCUT2D eigenvalue weighted by Crippen LogP contribution is -2.05. The molecule has 1 aromatic heterocycles. The van der Waals surface area contributed by atoms with Crippen LogP contribution in [-0.2, 0) is 0 Å². The number of rotatable bonds is 3. The minimum atomic E-state index is -0.0946. The van der Waals surface area contributed by atoms with E-state index in [4.69, 9.17) is 4.42 Å². The molecule has 0 aliphatic carbocycles. The fraction of sp³-hybridized carbons (Fsp3) is 0.286. The molecule has 3 nitrogen and oxygen atoms in total. The molecule has 17 heavy (non-hydrogen) atoms. The summed E-state index contributed by atoms with van der Waals surface area (Å²) in [4.78, 5) is 23.0. The van der Waals surface area contributed by atoms with E-state index in [-0.39, 0.29) is 17.5 Å². The highest BCUT2D eigenvalue weighted by Crippen LogP contribution is 2.22. The molecule has 0 radical (unpaired) electrons. The van der Waals surface area contributed by atoms with E-state index >= 15 is 0 Å². The number of fused-ring (bicyclic) bond motifs is 1. The molecule has 2 aromatic rings. The Hall–Kier alpha value is -1.90. The number of ketones is 2. The van der Waals surface area contributed by atoms with Gasteiger partial charge in [-0.1, -0.05) is 26.0 Å². The average Bonchev–Trinajstić information content (AvgIpc) is 2.69. The van der Waals surface area contributed by atoms with Crippen molar-refractivity contribution in [2.75, 3.05) is 0 Å². The lowest BCUT2D eigenvalue weighted by atomic mass is 10.1. The molecule has 1 heterocycles. The van der Waals surface area contributed by atoms with Crippen LogP contribution in [0.2, 0.25) is 0 Å². The van der Waals surface area contributed by atoms with Crippen molar-refractivity contribution in [2.24, 2.45) is 5.92 Å². The second-order valence-electron chi connectivity index (χ2n) is 4.44. The Kier molecular flexibility index (Phi) is 2.84. The van der Waals surface area contributed by atoms with Crippen LogP contribution in [0.1, 0.15) is 41.7 Å². The fourth-order valence-electron chi connectivity index (χ4n) is 1.66. The fourth-order valence-corrected chi connectivity index (χ4v) is 1.66. The van der Waals surface area contributed by atoms with E-state index in [1.807, 2.05) is 13.8 Å². The van der Waals surface area contributed by atoms with Crippen LogP contribution in [-0.4, -0.2) is 11.6 Å². The summed E-state index contributed by atoms with van der Waals surface area (Å²) in [5.41, 5.74) is 1.18. The van der Waals surface area contributed by atoms with Crippen LogP contribution < -0.4 is 0 Å². The molecule has 0 N–H and O–H groups in total. The molecule has 2 rings (SSSR count). The Morgan fingerprint density at radius 2 is 1.88 bits per heavy atom. The van der Waals surface area contributed by atoms with Crippen LogP contribution in [0.25, 0.3) is 11.0 Å². The van der Waals surface area contributed by atoms with Gasteiger partial charge in [0.25, 0.3) is 0 Å². The van der Waals surface area contributed by atoms with Crippen LogP contribution in [0.15, 0.2) is 28.7 Å². The molecule has 0 fully saturated rings. The lowest BCUT2D eigenvalue weighted by Gasteiger charge is -1.98. The summed E-state index contributed by atoms with van der Waals surface area (Å²) < 4.78 is 5.48.